The van der Waals surface area contributed by atoms with Crippen molar-refractivity contribution in [2.75, 3.05) is 26.2 Å². The molecule has 0 aromatic heterocycles. The zero-order valence-corrected chi connectivity index (χ0v) is 16.6. The first-order valence-corrected chi connectivity index (χ1v) is 11.3. The van der Waals surface area contributed by atoms with Crippen LogP contribution in [0.15, 0.2) is 24.3 Å². The largest absolute Gasteiger partial charge is 0.491 e. The number of hydrogen-bond donors (Lipinski definition) is 1. The molecule has 0 unspecified atom stereocenters. The van der Waals surface area contributed by atoms with E-state index in [-0.39, 0.29) is 0 Å². The zero-order valence-electron chi connectivity index (χ0n) is 16.6. The number of nitrogens with zero attached hydrogens (tertiary/aromatic N) is 1. The molecule has 3 heteroatoms. The molecule has 3 nitrogen and oxygen atoms in total. The maximum Gasteiger partial charge on any atom is 0.119 e. The highest BCUT2D eigenvalue weighted by atomic mass is 16.5. The molecule has 1 N–H and O–H groups in total. The average Bonchev–Trinajstić information content (AvgIpc) is 2.66. The van der Waals surface area contributed by atoms with Gasteiger partial charge in [0.2, 0.25) is 0 Å². The summed E-state index contributed by atoms with van der Waals surface area (Å²) in [7, 11) is 0. The Morgan fingerprint density at radius 1 is 0.926 bits per heavy atom. The fraction of sp³-hybridized carbons (Fsp3) is 0.750. The van der Waals surface area contributed by atoms with E-state index in [9.17, 15) is 5.11 Å². The minimum atomic E-state index is -0.397. The van der Waals surface area contributed by atoms with Gasteiger partial charge >= 0.3 is 0 Å². The molecule has 1 aliphatic heterocycles. The van der Waals surface area contributed by atoms with Gasteiger partial charge in [0, 0.05) is 6.54 Å². The lowest BCUT2D eigenvalue weighted by molar-refractivity contribution is -0.00522. The minimum absolute atomic E-state index is 0.396. The Morgan fingerprint density at radius 2 is 1.52 bits per heavy atom. The van der Waals surface area contributed by atoms with E-state index in [1.54, 1.807) is 5.56 Å². The zero-order chi connectivity index (χ0) is 18.3. The number of rotatable bonds is 6. The maximum atomic E-state index is 10.3. The van der Waals surface area contributed by atoms with E-state index in [0.29, 0.717) is 12.0 Å². The molecule has 4 aliphatic carbocycles. The Bertz CT molecular complexity index is 599. The molecule has 6 rings (SSSR count). The van der Waals surface area contributed by atoms with Crippen LogP contribution in [-0.2, 0) is 5.41 Å². The van der Waals surface area contributed by atoms with E-state index in [1.165, 1.54) is 57.8 Å². The first-order valence-electron chi connectivity index (χ1n) is 11.3. The van der Waals surface area contributed by atoms with Crippen LogP contribution in [0.3, 0.4) is 0 Å². The van der Waals surface area contributed by atoms with Gasteiger partial charge in [0.05, 0.1) is 0 Å². The van der Waals surface area contributed by atoms with Crippen LogP contribution in [0.5, 0.6) is 5.75 Å². The van der Waals surface area contributed by atoms with Gasteiger partial charge in [-0.15, -0.1) is 0 Å². The molecule has 1 saturated heterocycles. The van der Waals surface area contributed by atoms with Crippen LogP contribution in [0.1, 0.15) is 63.4 Å². The molecule has 1 aromatic carbocycles. The highest BCUT2D eigenvalue weighted by Crippen LogP contribution is 2.60. The van der Waals surface area contributed by atoms with Crippen LogP contribution < -0.4 is 4.74 Å². The fourth-order valence-corrected chi connectivity index (χ4v) is 7.05. The standard InChI is InChI=1S/C24H35NO2/c26-22(16-25-8-2-1-3-9-25)17-27-23-6-4-21(5-7-23)24-13-18-10-19(14-24)12-20(11-18)15-24/h4-7,18-20,22,26H,1-3,8-17H2/t18?,19?,20?,22-,24?/m1/s1. The predicted octanol–water partition coefficient (Wildman–Crippen LogP) is 4.38. The molecule has 148 valence electrons. The number of aliphatic hydroxyl groups excluding tert-OH is 1. The van der Waals surface area contributed by atoms with Crippen LogP contribution in [0, 0.1) is 17.8 Å². The van der Waals surface area contributed by atoms with Gasteiger partial charge in [-0.2, -0.15) is 0 Å². The second kappa shape index (κ2) is 7.40. The van der Waals surface area contributed by atoms with Crippen LogP contribution in [0.2, 0.25) is 0 Å². The number of hydrogen-bond acceptors (Lipinski definition) is 3. The number of piperidine rings is 1. The second-order valence-corrected chi connectivity index (χ2v) is 10.0. The quantitative estimate of drug-likeness (QED) is 0.808. The summed E-state index contributed by atoms with van der Waals surface area (Å²) in [5.74, 6) is 3.85. The molecular formula is C24H35NO2. The van der Waals surface area contributed by atoms with Crippen molar-refractivity contribution in [2.45, 2.75) is 69.3 Å². The van der Waals surface area contributed by atoms with E-state index in [1.807, 2.05) is 0 Å². The maximum absolute atomic E-state index is 10.3. The minimum Gasteiger partial charge on any atom is -0.491 e. The molecule has 4 bridgehead atoms. The lowest BCUT2D eigenvalue weighted by atomic mass is 9.48. The van der Waals surface area contributed by atoms with Crippen molar-refractivity contribution in [3.63, 3.8) is 0 Å². The highest BCUT2D eigenvalue weighted by molar-refractivity contribution is 5.34. The molecule has 4 saturated carbocycles. The van der Waals surface area contributed by atoms with Crippen molar-refractivity contribution in [1.29, 1.82) is 0 Å². The summed E-state index contributed by atoms with van der Waals surface area (Å²) in [6, 6.07) is 8.92. The number of aliphatic hydroxyl groups is 1. The van der Waals surface area contributed by atoms with Gasteiger partial charge in [0.25, 0.3) is 0 Å². The summed E-state index contributed by atoms with van der Waals surface area (Å²) >= 11 is 0. The summed E-state index contributed by atoms with van der Waals surface area (Å²) in [6.45, 7) is 3.38. The van der Waals surface area contributed by atoms with Crippen molar-refractivity contribution in [1.82, 2.24) is 4.90 Å². The van der Waals surface area contributed by atoms with Gasteiger partial charge in [-0.05, 0) is 105 Å². The topological polar surface area (TPSA) is 32.7 Å². The molecular weight excluding hydrogens is 334 g/mol. The van der Waals surface area contributed by atoms with E-state index < -0.39 is 6.10 Å². The summed E-state index contributed by atoms with van der Waals surface area (Å²) < 4.78 is 5.91. The van der Waals surface area contributed by atoms with E-state index in [0.717, 1.165) is 43.1 Å². The van der Waals surface area contributed by atoms with Crippen molar-refractivity contribution < 1.29 is 9.84 Å². The van der Waals surface area contributed by atoms with Crippen molar-refractivity contribution in [3.05, 3.63) is 29.8 Å². The lowest BCUT2D eigenvalue weighted by Crippen LogP contribution is -2.48. The highest BCUT2D eigenvalue weighted by Gasteiger charge is 2.51. The molecule has 5 fully saturated rings. The average molecular weight is 370 g/mol. The second-order valence-electron chi connectivity index (χ2n) is 10.0. The van der Waals surface area contributed by atoms with Gasteiger partial charge in [-0.3, -0.25) is 0 Å². The van der Waals surface area contributed by atoms with Gasteiger partial charge in [0.1, 0.15) is 18.5 Å². The van der Waals surface area contributed by atoms with Crippen LogP contribution in [0.25, 0.3) is 0 Å². The third-order valence-electron chi connectivity index (χ3n) is 7.86. The van der Waals surface area contributed by atoms with Gasteiger partial charge < -0.3 is 14.7 Å². The van der Waals surface area contributed by atoms with E-state index >= 15 is 0 Å². The van der Waals surface area contributed by atoms with Gasteiger partial charge in [-0.1, -0.05) is 18.6 Å². The lowest BCUT2D eigenvalue weighted by Gasteiger charge is -2.57. The summed E-state index contributed by atoms with van der Waals surface area (Å²) in [5, 5.41) is 10.3. The SMILES string of the molecule is O[C@@H](COc1ccc(C23CC4CC(CC(C4)C2)C3)cc1)CN1CCCCC1. The molecule has 1 aromatic rings. The first kappa shape index (κ1) is 18.0. The van der Waals surface area contributed by atoms with E-state index in [4.69, 9.17) is 4.74 Å². The molecule has 1 atom stereocenters. The van der Waals surface area contributed by atoms with Crippen molar-refractivity contribution >= 4 is 0 Å². The molecule has 0 radical (unpaired) electrons. The number of ether oxygens (including phenoxy) is 1. The van der Waals surface area contributed by atoms with Crippen molar-refractivity contribution in [3.8, 4) is 5.75 Å². The third kappa shape index (κ3) is 3.78. The molecule has 5 aliphatic rings. The predicted molar refractivity (Wildman–Crippen MR) is 108 cm³/mol. The monoisotopic (exact) mass is 369 g/mol. The summed E-state index contributed by atoms with van der Waals surface area (Å²) in [5.41, 5.74) is 2.00. The Hall–Kier alpha value is -1.06. The fourth-order valence-electron chi connectivity index (χ4n) is 7.05. The Morgan fingerprint density at radius 3 is 2.11 bits per heavy atom. The van der Waals surface area contributed by atoms with Crippen molar-refractivity contribution in [2.24, 2.45) is 17.8 Å². The normalized spacial score (nSPS) is 36.7. The number of likely N-dealkylation sites (tertiary alicyclic amines) is 1. The number of benzene rings is 1. The molecule has 27 heavy (non-hydrogen) atoms. The Balaban J connectivity index is 1.17. The molecule has 0 spiro atoms. The van der Waals surface area contributed by atoms with Gasteiger partial charge in [0.15, 0.2) is 0 Å². The Kier molecular flexibility index (Phi) is 4.94. The van der Waals surface area contributed by atoms with Gasteiger partial charge in [-0.25, -0.2) is 0 Å². The van der Waals surface area contributed by atoms with E-state index in [2.05, 4.69) is 29.2 Å². The van der Waals surface area contributed by atoms with Crippen LogP contribution in [-0.4, -0.2) is 42.4 Å². The van der Waals surface area contributed by atoms with Crippen LogP contribution in [0.4, 0.5) is 0 Å². The summed E-state index contributed by atoms with van der Waals surface area (Å²) in [4.78, 5) is 2.37. The first-order chi connectivity index (χ1) is 13.2. The van der Waals surface area contributed by atoms with Crippen LogP contribution >= 0.6 is 0 Å². The summed E-state index contributed by atoms with van der Waals surface area (Å²) in [6.07, 6.45) is 12.2. The smallest absolute Gasteiger partial charge is 0.119 e. The Labute approximate surface area is 164 Å². The molecule has 1 heterocycles. The third-order valence-corrected chi connectivity index (χ3v) is 7.86. The molecule has 0 amide bonds. The number of β-amino-alcohol motifs (C(OH)–C–C–N with tert-alkyl or cyclic N) is 1.